The van der Waals surface area contributed by atoms with E-state index in [9.17, 15) is 4.79 Å². The minimum absolute atomic E-state index is 0. The number of aldehydes is 1. The predicted octanol–water partition coefficient (Wildman–Crippen LogP) is 7.78. The molecule has 0 spiro atoms. The summed E-state index contributed by atoms with van der Waals surface area (Å²) < 4.78 is 3.33. The van der Waals surface area contributed by atoms with Gasteiger partial charge >= 0.3 is 23.1 Å². The molecule has 4 aromatic carbocycles. The summed E-state index contributed by atoms with van der Waals surface area (Å²) in [6, 6.07) is 25.8. The van der Waals surface area contributed by atoms with Gasteiger partial charge in [-0.15, -0.1) is 0 Å². The van der Waals surface area contributed by atoms with E-state index in [-0.39, 0.29) is 50.9 Å². The van der Waals surface area contributed by atoms with Gasteiger partial charge < -0.3 is 23.4 Å². The van der Waals surface area contributed by atoms with E-state index in [0.29, 0.717) is 0 Å². The molecular weight excluding hydrogens is 815 g/mol. The van der Waals surface area contributed by atoms with Gasteiger partial charge in [0.2, 0.25) is 0 Å². The average molecular weight is 848 g/mol. The van der Waals surface area contributed by atoms with Crippen LogP contribution in [0, 0.1) is 9.99 Å². The fourth-order valence-electron chi connectivity index (χ4n) is 5.52. The van der Waals surface area contributed by atoms with Crippen LogP contribution in [0.1, 0.15) is 74.2 Å². The van der Waals surface area contributed by atoms with E-state index in [4.69, 9.17) is 0 Å². The quantitative estimate of drug-likeness (QED) is 0.0829. The summed E-state index contributed by atoms with van der Waals surface area (Å²) in [5.74, 6) is 0. The minimum Gasteiger partial charge on any atom is -1.00 e. The summed E-state index contributed by atoms with van der Waals surface area (Å²) in [4.78, 5) is 11.1. The standard InChI is InChI=1S/C16H13BrO.C15H12BrI.C3H7.BrH.Mg/c1-16(2)13-6-4-3-5-11(13)12-8-15(17)10(9-18)7-14(12)16;1-15(2)11-6-4-3-5-9(11)10-7-13(16)14(17)8-12(10)15;1-3-2;;/h3-9H,1-2H3;3-8H,1-2H3;3H,1-2H3;1H;/q;;-1;;+2/p-1. The van der Waals surface area contributed by atoms with Gasteiger partial charge in [-0.05, 0) is 107 Å². The van der Waals surface area contributed by atoms with Gasteiger partial charge in [0, 0.05) is 28.9 Å². The monoisotopic (exact) mass is 844 g/mol. The molecule has 0 fully saturated rings. The Balaban J connectivity index is 0.000000245. The third kappa shape index (κ3) is 6.52. The van der Waals surface area contributed by atoms with Crippen LogP contribution in [0.2, 0.25) is 0 Å². The van der Waals surface area contributed by atoms with Crippen molar-refractivity contribution in [2.75, 3.05) is 0 Å². The summed E-state index contributed by atoms with van der Waals surface area (Å²) >= 11 is 9.49. The summed E-state index contributed by atoms with van der Waals surface area (Å²) in [7, 11) is 0. The van der Waals surface area contributed by atoms with Crippen molar-refractivity contribution in [2.24, 2.45) is 0 Å². The third-order valence-electron chi connectivity index (χ3n) is 7.45. The Hall–Kier alpha value is -0.514. The molecule has 0 N–H and O–H groups in total. The van der Waals surface area contributed by atoms with Gasteiger partial charge in [0.05, 0.1) is 0 Å². The van der Waals surface area contributed by atoms with E-state index in [0.717, 1.165) is 16.3 Å². The Labute approximate surface area is 296 Å². The van der Waals surface area contributed by atoms with Crippen LogP contribution < -0.4 is 17.0 Å². The molecule has 6 heteroatoms. The van der Waals surface area contributed by atoms with Gasteiger partial charge in [0.15, 0.2) is 6.29 Å². The van der Waals surface area contributed by atoms with Crippen LogP contribution in [-0.4, -0.2) is 29.3 Å². The van der Waals surface area contributed by atoms with Gasteiger partial charge in [-0.2, -0.15) is 13.8 Å². The smallest absolute Gasteiger partial charge is 1.00 e. The third-order valence-corrected chi connectivity index (χ3v) is 10.4. The van der Waals surface area contributed by atoms with Gasteiger partial charge in [0.25, 0.3) is 0 Å². The van der Waals surface area contributed by atoms with Crippen LogP contribution in [0.25, 0.3) is 22.3 Å². The molecule has 0 radical (unpaired) electrons. The van der Waals surface area contributed by atoms with Crippen molar-refractivity contribution in [3.8, 4) is 22.3 Å². The largest absolute Gasteiger partial charge is 2.00 e. The zero-order valence-corrected chi connectivity index (χ0v) is 32.0. The van der Waals surface area contributed by atoms with Crippen LogP contribution in [0.4, 0.5) is 0 Å². The molecule has 1 nitrogen and oxygen atoms in total. The molecule has 0 heterocycles. The molecule has 0 unspecified atom stereocenters. The van der Waals surface area contributed by atoms with Crippen LogP contribution >= 0.6 is 54.5 Å². The summed E-state index contributed by atoms with van der Waals surface area (Å²) in [6.07, 6.45) is 2.91. The molecule has 40 heavy (non-hydrogen) atoms. The second-order valence-corrected chi connectivity index (χ2v) is 13.6. The second kappa shape index (κ2) is 14.3. The summed E-state index contributed by atoms with van der Waals surface area (Å²) in [6.45, 7) is 13.0. The Morgan fingerprint density at radius 2 is 1.07 bits per heavy atom. The fraction of sp³-hybridized carbons (Fsp3) is 0.235. The number of hydrogen-bond donors (Lipinski definition) is 0. The van der Waals surface area contributed by atoms with E-state index < -0.39 is 0 Å². The number of hydrogen-bond acceptors (Lipinski definition) is 1. The maximum absolute atomic E-state index is 11.1. The molecule has 0 amide bonds. The Kier molecular flexibility index (Phi) is 12.8. The SMILES string of the molecule is CC1(C)c2ccccc2-c2cc(Br)c(C=O)cc21.CC1(C)c2ccccc2-c2cc(Br)c(I)cc21.C[CH-]C.[Br-].[Mg+2]. The first kappa shape index (κ1) is 35.7. The van der Waals surface area contributed by atoms with Crippen LogP contribution in [0.3, 0.4) is 0 Å². The van der Waals surface area contributed by atoms with Crippen molar-refractivity contribution in [1.29, 1.82) is 0 Å². The number of carbonyl (C=O) groups is 1. The van der Waals surface area contributed by atoms with Crippen molar-refractivity contribution in [3.63, 3.8) is 0 Å². The van der Waals surface area contributed by atoms with Crippen molar-refractivity contribution in [1.82, 2.24) is 0 Å². The van der Waals surface area contributed by atoms with Crippen LogP contribution in [-0.2, 0) is 10.8 Å². The van der Waals surface area contributed by atoms with Gasteiger partial charge in [0.1, 0.15) is 0 Å². The molecule has 0 saturated heterocycles. The van der Waals surface area contributed by atoms with Crippen molar-refractivity contribution >= 4 is 83.8 Å². The van der Waals surface area contributed by atoms with Crippen LogP contribution in [0.15, 0.2) is 81.7 Å². The molecular formula is C34H32Br3IMgO. The van der Waals surface area contributed by atoms with Crippen molar-refractivity contribution < 1.29 is 21.8 Å². The summed E-state index contributed by atoms with van der Waals surface area (Å²) in [5.41, 5.74) is 11.5. The predicted molar refractivity (Wildman–Crippen MR) is 183 cm³/mol. The molecule has 4 aromatic rings. The molecule has 2 aliphatic rings. The topological polar surface area (TPSA) is 17.1 Å². The molecule has 0 aliphatic heterocycles. The Morgan fingerprint density at radius 1 is 0.675 bits per heavy atom. The van der Waals surface area contributed by atoms with Gasteiger partial charge in [-0.3, -0.25) is 4.79 Å². The number of carbonyl (C=O) groups excluding carboxylic acids is 1. The summed E-state index contributed by atoms with van der Waals surface area (Å²) in [5, 5.41) is 0. The zero-order chi connectivity index (χ0) is 27.8. The van der Waals surface area contributed by atoms with E-state index >= 15 is 0 Å². The Bertz CT molecular complexity index is 1530. The molecule has 0 atom stereocenters. The van der Waals surface area contributed by atoms with Crippen LogP contribution in [0.5, 0.6) is 0 Å². The molecule has 0 aromatic heterocycles. The molecule has 0 bridgehead atoms. The van der Waals surface area contributed by atoms with E-state index in [2.05, 4.69) is 149 Å². The molecule has 2 aliphatic carbocycles. The Morgan fingerprint density at radius 3 is 1.52 bits per heavy atom. The number of rotatable bonds is 1. The van der Waals surface area contributed by atoms with E-state index in [1.165, 1.54) is 52.6 Å². The second-order valence-electron chi connectivity index (χ2n) is 10.8. The molecule has 6 rings (SSSR count). The van der Waals surface area contributed by atoms with E-state index in [1.807, 2.05) is 26.3 Å². The van der Waals surface area contributed by atoms with Crippen molar-refractivity contribution in [2.45, 2.75) is 52.4 Å². The van der Waals surface area contributed by atoms with Gasteiger partial charge in [-0.25, -0.2) is 0 Å². The first-order valence-electron chi connectivity index (χ1n) is 12.7. The number of fused-ring (bicyclic) bond motifs is 6. The minimum atomic E-state index is -0.0373. The number of halogens is 4. The average Bonchev–Trinajstić information content (AvgIpc) is 3.24. The van der Waals surface area contributed by atoms with E-state index in [1.54, 1.807) is 0 Å². The first-order valence-corrected chi connectivity index (χ1v) is 15.4. The maximum Gasteiger partial charge on any atom is 2.00 e. The molecule has 0 saturated carbocycles. The zero-order valence-electron chi connectivity index (χ0n) is 23.7. The number of benzene rings is 4. The normalized spacial score (nSPS) is 13.8. The van der Waals surface area contributed by atoms with Crippen molar-refractivity contribution in [3.05, 3.63) is 120 Å². The molecule has 204 valence electrons. The fourth-order valence-corrected chi connectivity index (χ4v) is 6.77. The first-order chi connectivity index (χ1) is 18.0. The maximum atomic E-state index is 11.1. The van der Waals surface area contributed by atoms with Gasteiger partial charge in [-0.1, -0.05) is 92.2 Å².